The number of rotatable bonds is 7. The van der Waals surface area contributed by atoms with E-state index in [-0.39, 0.29) is 5.82 Å². The largest absolute Gasteiger partial charge is 0.495 e. The number of benzene rings is 2. The van der Waals surface area contributed by atoms with E-state index in [0.717, 1.165) is 0 Å². The fourth-order valence-corrected chi connectivity index (χ4v) is 2.78. The van der Waals surface area contributed by atoms with Crippen LogP contribution in [0.2, 0.25) is 0 Å². The number of halogens is 2. The Hall–Kier alpha value is -2.45. The third kappa shape index (κ3) is 4.80. The lowest BCUT2D eigenvalue weighted by atomic mass is 10.1. The minimum atomic E-state index is -0.901. The molecule has 0 radical (unpaired) electrons. The highest BCUT2D eigenvalue weighted by Gasteiger charge is 2.19. The van der Waals surface area contributed by atoms with Crippen molar-refractivity contribution < 1.29 is 23.4 Å². The Balaban J connectivity index is 2.11. The fraction of sp³-hybridized carbons (Fsp3) is 0.222. The van der Waals surface area contributed by atoms with Gasteiger partial charge in [-0.3, -0.25) is 4.79 Å². The number of ether oxygens (including phenoxy) is 3. The molecule has 2 rings (SSSR count). The minimum absolute atomic E-state index is 0.389. The Morgan fingerprint density at radius 3 is 2.23 bits per heavy atom. The molecule has 1 amide bonds. The van der Waals surface area contributed by atoms with E-state index in [1.54, 1.807) is 12.1 Å². The zero-order valence-electron chi connectivity index (χ0n) is 14.5. The lowest BCUT2D eigenvalue weighted by molar-refractivity contribution is -0.131. The molecule has 138 valence electrons. The van der Waals surface area contributed by atoms with Crippen LogP contribution in [0.5, 0.6) is 11.5 Å². The van der Waals surface area contributed by atoms with Gasteiger partial charge in [-0.15, -0.1) is 0 Å². The Kier molecular flexibility index (Phi) is 7.11. The third-order valence-electron chi connectivity index (χ3n) is 3.50. The van der Waals surface area contributed by atoms with Crippen molar-refractivity contribution in [2.24, 2.45) is 5.10 Å². The number of methoxy groups -OCH3 is 3. The normalized spacial score (nSPS) is 12.0. The zero-order chi connectivity index (χ0) is 19.1. The summed E-state index contributed by atoms with van der Waals surface area (Å²) in [5.41, 5.74) is 3.59. The molecule has 0 spiro atoms. The van der Waals surface area contributed by atoms with Gasteiger partial charge >= 0.3 is 0 Å². The number of carbonyl (C=O) groups is 1. The van der Waals surface area contributed by atoms with Gasteiger partial charge in [-0.2, -0.15) is 5.10 Å². The van der Waals surface area contributed by atoms with E-state index >= 15 is 0 Å². The molecule has 0 aromatic heterocycles. The van der Waals surface area contributed by atoms with Gasteiger partial charge in [-0.1, -0.05) is 12.1 Å². The van der Waals surface area contributed by atoms with E-state index in [0.29, 0.717) is 27.1 Å². The molecule has 6 nitrogen and oxygen atoms in total. The van der Waals surface area contributed by atoms with Crippen LogP contribution in [0.25, 0.3) is 0 Å². The van der Waals surface area contributed by atoms with Gasteiger partial charge in [-0.05, 0) is 45.8 Å². The molecule has 1 N–H and O–H groups in total. The smallest absolute Gasteiger partial charge is 0.273 e. The van der Waals surface area contributed by atoms with Gasteiger partial charge < -0.3 is 14.2 Å². The number of nitrogens with zero attached hydrogens (tertiary/aromatic N) is 1. The van der Waals surface area contributed by atoms with E-state index in [1.165, 1.54) is 51.8 Å². The second-order valence-electron chi connectivity index (χ2n) is 5.14. The maximum atomic E-state index is 13.0. The molecule has 2 aromatic carbocycles. The summed E-state index contributed by atoms with van der Waals surface area (Å²) in [6.45, 7) is 0. The topological polar surface area (TPSA) is 69.2 Å². The highest BCUT2D eigenvalue weighted by atomic mass is 79.9. The van der Waals surface area contributed by atoms with Crippen molar-refractivity contribution in [3.8, 4) is 11.5 Å². The molecule has 8 heteroatoms. The first-order chi connectivity index (χ1) is 12.5. The van der Waals surface area contributed by atoms with Crippen molar-refractivity contribution in [3.63, 3.8) is 0 Å². The average molecular weight is 425 g/mol. The van der Waals surface area contributed by atoms with Crippen LogP contribution in [0.1, 0.15) is 17.2 Å². The molecule has 0 heterocycles. The lowest BCUT2D eigenvalue weighted by Gasteiger charge is -2.13. The van der Waals surface area contributed by atoms with Gasteiger partial charge in [0.05, 0.1) is 20.4 Å². The summed E-state index contributed by atoms with van der Waals surface area (Å²) in [5, 5.41) is 3.93. The van der Waals surface area contributed by atoms with E-state index < -0.39 is 12.0 Å². The molecule has 0 aliphatic carbocycles. The number of hydrazone groups is 1. The third-order valence-corrected chi connectivity index (χ3v) is 4.28. The number of hydrogen-bond donors (Lipinski definition) is 1. The molecule has 0 bridgehead atoms. The number of amides is 1. The fourth-order valence-electron chi connectivity index (χ4n) is 2.23. The molecule has 0 saturated carbocycles. The van der Waals surface area contributed by atoms with Gasteiger partial charge in [-0.25, -0.2) is 9.82 Å². The number of nitrogens with one attached hydrogen (secondary N) is 1. The molecule has 0 aliphatic rings. The SMILES string of the molecule is COc1cc(C=NNC(=O)C(OC)c2ccc(F)cc2)cc(OC)c1Br. The van der Waals surface area contributed by atoms with E-state index in [9.17, 15) is 9.18 Å². The standard InChI is InChI=1S/C18H18BrFN2O4/c1-24-14-8-11(9-15(25-2)16(14)19)10-21-22-18(23)17(26-3)12-4-6-13(20)7-5-12/h4-10,17H,1-3H3,(H,22,23). The maximum absolute atomic E-state index is 13.0. The minimum Gasteiger partial charge on any atom is -0.495 e. The summed E-state index contributed by atoms with van der Waals surface area (Å²) in [4.78, 5) is 12.2. The second-order valence-corrected chi connectivity index (χ2v) is 5.93. The maximum Gasteiger partial charge on any atom is 0.273 e. The van der Waals surface area contributed by atoms with E-state index in [4.69, 9.17) is 14.2 Å². The molecule has 0 saturated heterocycles. The number of carbonyl (C=O) groups excluding carboxylic acids is 1. The molecule has 0 aliphatic heterocycles. The Labute approximate surface area is 159 Å². The van der Waals surface area contributed by atoms with Gasteiger partial charge in [0.25, 0.3) is 5.91 Å². The lowest BCUT2D eigenvalue weighted by Crippen LogP contribution is -2.26. The summed E-state index contributed by atoms with van der Waals surface area (Å²) in [6, 6.07) is 8.96. The van der Waals surface area contributed by atoms with E-state index in [1.807, 2.05) is 0 Å². The quantitative estimate of drug-likeness (QED) is 0.545. The van der Waals surface area contributed by atoms with Gasteiger partial charge in [0.2, 0.25) is 0 Å². The molecule has 26 heavy (non-hydrogen) atoms. The highest BCUT2D eigenvalue weighted by Crippen LogP contribution is 2.35. The van der Waals surface area contributed by atoms with Crippen LogP contribution in [0.15, 0.2) is 46.0 Å². The first kappa shape index (κ1) is 19.9. The summed E-state index contributed by atoms with van der Waals surface area (Å²) >= 11 is 3.38. The molecule has 2 aromatic rings. The summed E-state index contributed by atoms with van der Waals surface area (Å²) < 4.78 is 29.4. The molecule has 1 atom stereocenters. The second kappa shape index (κ2) is 9.30. The summed E-state index contributed by atoms with van der Waals surface area (Å²) in [5.74, 6) is 0.267. The first-order valence-corrected chi connectivity index (χ1v) is 8.32. The van der Waals surface area contributed by atoms with E-state index in [2.05, 4.69) is 26.5 Å². The Bertz CT molecular complexity index is 771. The highest BCUT2D eigenvalue weighted by molar-refractivity contribution is 9.10. The summed E-state index contributed by atoms with van der Waals surface area (Å²) in [7, 11) is 4.46. The van der Waals surface area contributed by atoms with Crippen molar-refractivity contribution in [2.45, 2.75) is 6.10 Å². The van der Waals surface area contributed by atoms with Crippen molar-refractivity contribution in [1.82, 2.24) is 5.43 Å². The van der Waals surface area contributed by atoms with Crippen LogP contribution in [-0.2, 0) is 9.53 Å². The van der Waals surface area contributed by atoms with Crippen LogP contribution >= 0.6 is 15.9 Å². The first-order valence-electron chi connectivity index (χ1n) is 7.52. The predicted molar refractivity (Wildman–Crippen MR) is 99.1 cm³/mol. The summed E-state index contributed by atoms with van der Waals surface area (Å²) in [6.07, 6.45) is 0.550. The molecular weight excluding hydrogens is 407 g/mol. The van der Waals surface area contributed by atoms with Crippen molar-refractivity contribution >= 4 is 28.1 Å². The van der Waals surface area contributed by atoms with Crippen LogP contribution in [0.4, 0.5) is 4.39 Å². The van der Waals surface area contributed by atoms with Crippen molar-refractivity contribution in [3.05, 3.63) is 57.8 Å². The van der Waals surface area contributed by atoms with Crippen molar-refractivity contribution in [1.29, 1.82) is 0 Å². The van der Waals surface area contributed by atoms with Gasteiger partial charge in [0.1, 0.15) is 21.8 Å². The van der Waals surface area contributed by atoms with Crippen LogP contribution in [0, 0.1) is 5.82 Å². The van der Waals surface area contributed by atoms with Crippen LogP contribution in [0.3, 0.4) is 0 Å². The van der Waals surface area contributed by atoms with Crippen LogP contribution < -0.4 is 14.9 Å². The van der Waals surface area contributed by atoms with Crippen LogP contribution in [-0.4, -0.2) is 33.5 Å². The number of hydrogen-bond acceptors (Lipinski definition) is 5. The Morgan fingerprint density at radius 1 is 1.15 bits per heavy atom. The zero-order valence-corrected chi connectivity index (χ0v) is 16.0. The average Bonchev–Trinajstić information content (AvgIpc) is 2.65. The van der Waals surface area contributed by atoms with Gasteiger partial charge in [0.15, 0.2) is 6.10 Å². The molecular formula is C18H18BrFN2O4. The van der Waals surface area contributed by atoms with Gasteiger partial charge in [0, 0.05) is 12.7 Å². The molecule has 0 fully saturated rings. The predicted octanol–water partition coefficient (Wildman–Crippen LogP) is 3.44. The Morgan fingerprint density at radius 2 is 1.73 bits per heavy atom. The van der Waals surface area contributed by atoms with Crippen molar-refractivity contribution in [2.75, 3.05) is 21.3 Å². The monoisotopic (exact) mass is 424 g/mol. The molecule has 1 unspecified atom stereocenters.